The Hall–Kier alpha value is -2.13. The molecule has 3 rings (SSSR count). The van der Waals surface area contributed by atoms with Gasteiger partial charge >= 0.3 is 0 Å². The van der Waals surface area contributed by atoms with Gasteiger partial charge in [-0.25, -0.2) is 0 Å². The average molecular weight is 267 g/mol. The number of amides is 1. The van der Waals surface area contributed by atoms with Crippen molar-refractivity contribution in [1.29, 1.82) is 0 Å². The lowest BCUT2D eigenvalue weighted by Crippen LogP contribution is -2.34. The number of hydrogen-bond acceptors (Lipinski definition) is 2. The van der Waals surface area contributed by atoms with E-state index in [1.54, 1.807) is 4.90 Å². The maximum atomic E-state index is 12.0. The molecule has 1 heterocycles. The maximum absolute atomic E-state index is 12.0. The molecule has 0 aliphatic carbocycles. The number of aliphatic hydroxyl groups is 1. The Morgan fingerprint density at radius 1 is 1.10 bits per heavy atom. The van der Waals surface area contributed by atoms with Gasteiger partial charge in [0.15, 0.2) is 0 Å². The van der Waals surface area contributed by atoms with E-state index in [-0.39, 0.29) is 5.91 Å². The summed E-state index contributed by atoms with van der Waals surface area (Å²) in [6.07, 6.45) is 0.198. The zero-order valence-corrected chi connectivity index (χ0v) is 11.4. The molecule has 0 radical (unpaired) electrons. The van der Waals surface area contributed by atoms with Crippen molar-refractivity contribution in [3.8, 4) is 0 Å². The van der Waals surface area contributed by atoms with E-state index in [4.69, 9.17) is 0 Å². The third-order valence-corrected chi connectivity index (χ3v) is 3.85. The van der Waals surface area contributed by atoms with Crippen molar-refractivity contribution in [3.63, 3.8) is 0 Å². The van der Waals surface area contributed by atoms with Crippen LogP contribution in [0.1, 0.15) is 33.2 Å². The lowest BCUT2D eigenvalue weighted by Gasteiger charge is -2.25. The fourth-order valence-electron chi connectivity index (χ4n) is 2.62. The molecule has 0 bridgehead atoms. The van der Waals surface area contributed by atoms with Crippen molar-refractivity contribution in [2.24, 2.45) is 0 Å². The summed E-state index contributed by atoms with van der Waals surface area (Å²) in [4.78, 5) is 13.8. The van der Waals surface area contributed by atoms with Crippen LogP contribution >= 0.6 is 0 Å². The molecule has 1 N–H and O–H groups in total. The van der Waals surface area contributed by atoms with Crippen molar-refractivity contribution >= 4 is 5.91 Å². The number of carbonyl (C=O) groups excluding carboxylic acids is 1. The fraction of sp³-hybridized carbons (Fsp3) is 0.235. The number of likely N-dealkylation sites (N-methyl/N-ethyl adjacent to an activating group) is 1. The second-order valence-electron chi connectivity index (χ2n) is 5.21. The van der Waals surface area contributed by atoms with Gasteiger partial charge in [0, 0.05) is 19.2 Å². The van der Waals surface area contributed by atoms with E-state index in [1.807, 2.05) is 55.6 Å². The van der Waals surface area contributed by atoms with Crippen molar-refractivity contribution < 1.29 is 9.90 Å². The van der Waals surface area contributed by atoms with E-state index in [9.17, 15) is 9.90 Å². The van der Waals surface area contributed by atoms with Crippen LogP contribution in [0.2, 0.25) is 0 Å². The molecule has 1 amide bonds. The highest BCUT2D eigenvalue weighted by Gasteiger charge is 2.22. The molecule has 0 spiro atoms. The maximum Gasteiger partial charge on any atom is 0.253 e. The van der Waals surface area contributed by atoms with E-state index in [1.165, 1.54) is 0 Å². The summed E-state index contributed by atoms with van der Waals surface area (Å²) in [7, 11) is 1.82. The molecule has 2 aromatic rings. The SMILES string of the molecule is CN1CCc2cc([C@H](O)c3ccccc3)ccc2C1=O. The smallest absolute Gasteiger partial charge is 0.253 e. The van der Waals surface area contributed by atoms with E-state index in [0.717, 1.165) is 35.2 Å². The number of benzene rings is 2. The molecular formula is C17H17NO2. The van der Waals surface area contributed by atoms with E-state index in [0.29, 0.717) is 0 Å². The molecule has 3 nitrogen and oxygen atoms in total. The number of carbonyl (C=O) groups is 1. The molecule has 0 aromatic heterocycles. The minimum Gasteiger partial charge on any atom is -0.384 e. The Balaban J connectivity index is 1.95. The molecule has 20 heavy (non-hydrogen) atoms. The number of rotatable bonds is 2. The van der Waals surface area contributed by atoms with E-state index in [2.05, 4.69) is 0 Å². The normalized spacial score (nSPS) is 15.9. The van der Waals surface area contributed by atoms with Crippen LogP contribution in [0, 0.1) is 0 Å². The summed E-state index contributed by atoms with van der Waals surface area (Å²) in [5.74, 6) is 0.0620. The molecule has 0 saturated heterocycles. The Morgan fingerprint density at radius 3 is 2.60 bits per heavy atom. The lowest BCUT2D eigenvalue weighted by atomic mass is 9.93. The van der Waals surface area contributed by atoms with Crippen LogP contribution in [0.5, 0.6) is 0 Å². The van der Waals surface area contributed by atoms with Crippen molar-refractivity contribution in [2.45, 2.75) is 12.5 Å². The summed E-state index contributed by atoms with van der Waals surface area (Å²) in [5.41, 5.74) is 3.49. The van der Waals surface area contributed by atoms with Crippen molar-refractivity contribution in [3.05, 3.63) is 70.8 Å². The van der Waals surface area contributed by atoms with Crippen LogP contribution in [-0.4, -0.2) is 29.5 Å². The number of hydrogen-bond donors (Lipinski definition) is 1. The van der Waals surface area contributed by atoms with Crippen LogP contribution in [0.3, 0.4) is 0 Å². The van der Waals surface area contributed by atoms with Gasteiger partial charge in [0.25, 0.3) is 5.91 Å². The number of nitrogens with zero attached hydrogens (tertiary/aromatic N) is 1. The highest BCUT2D eigenvalue weighted by molar-refractivity contribution is 5.96. The quantitative estimate of drug-likeness (QED) is 0.907. The lowest BCUT2D eigenvalue weighted by molar-refractivity contribution is 0.0780. The van der Waals surface area contributed by atoms with Gasteiger partial charge in [-0.2, -0.15) is 0 Å². The van der Waals surface area contributed by atoms with Gasteiger partial charge in [0.2, 0.25) is 0 Å². The van der Waals surface area contributed by atoms with Crippen LogP contribution in [0.4, 0.5) is 0 Å². The molecule has 0 fully saturated rings. The molecule has 102 valence electrons. The summed E-state index contributed by atoms with van der Waals surface area (Å²) < 4.78 is 0. The zero-order valence-electron chi connectivity index (χ0n) is 11.4. The molecule has 0 unspecified atom stereocenters. The van der Waals surface area contributed by atoms with Crippen molar-refractivity contribution in [2.75, 3.05) is 13.6 Å². The fourth-order valence-corrected chi connectivity index (χ4v) is 2.62. The molecule has 2 aromatic carbocycles. The first-order valence-corrected chi connectivity index (χ1v) is 6.78. The van der Waals surface area contributed by atoms with Gasteiger partial charge in [-0.05, 0) is 29.2 Å². The standard InChI is InChI=1S/C17H17NO2/c1-18-10-9-13-11-14(7-8-15(13)17(18)20)16(19)12-5-3-2-4-6-12/h2-8,11,16,19H,9-10H2,1H3/t16-/m1/s1. The van der Waals surface area contributed by atoms with Gasteiger partial charge in [-0.15, -0.1) is 0 Å². The Morgan fingerprint density at radius 2 is 1.85 bits per heavy atom. The predicted molar refractivity (Wildman–Crippen MR) is 77.6 cm³/mol. The van der Waals surface area contributed by atoms with Crippen LogP contribution in [0.25, 0.3) is 0 Å². The molecule has 1 aliphatic heterocycles. The molecule has 0 saturated carbocycles. The van der Waals surface area contributed by atoms with Crippen LogP contribution < -0.4 is 0 Å². The first kappa shape index (κ1) is 12.9. The minimum atomic E-state index is -0.642. The first-order chi connectivity index (χ1) is 9.66. The van der Waals surface area contributed by atoms with E-state index >= 15 is 0 Å². The monoisotopic (exact) mass is 267 g/mol. The summed E-state index contributed by atoms with van der Waals surface area (Å²) in [5, 5.41) is 10.4. The third kappa shape index (κ3) is 2.21. The molecule has 1 atom stereocenters. The number of aliphatic hydroxyl groups excluding tert-OH is 1. The van der Waals surface area contributed by atoms with E-state index < -0.39 is 6.10 Å². The highest BCUT2D eigenvalue weighted by Crippen LogP contribution is 2.26. The molecule has 1 aliphatic rings. The number of fused-ring (bicyclic) bond motifs is 1. The topological polar surface area (TPSA) is 40.5 Å². The summed E-state index contributed by atoms with van der Waals surface area (Å²) in [6, 6.07) is 15.2. The summed E-state index contributed by atoms with van der Waals surface area (Å²) >= 11 is 0. The van der Waals surface area contributed by atoms with Crippen LogP contribution in [0.15, 0.2) is 48.5 Å². The van der Waals surface area contributed by atoms with Gasteiger partial charge in [-0.3, -0.25) is 4.79 Å². The molecular weight excluding hydrogens is 250 g/mol. The Labute approximate surface area is 118 Å². The molecule has 3 heteroatoms. The van der Waals surface area contributed by atoms with Gasteiger partial charge in [0.05, 0.1) is 0 Å². The van der Waals surface area contributed by atoms with Gasteiger partial charge in [0.1, 0.15) is 6.10 Å². The summed E-state index contributed by atoms with van der Waals surface area (Å²) in [6.45, 7) is 0.733. The second kappa shape index (κ2) is 5.10. The predicted octanol–water partition coefficient (Wildman–Crippen LogP) is 2.40. The van der Waals surface area contributed by atoms with Crippen LogP contribution in [-0.2, 0) is 6.42 Å². The largest absolute Gasteiger partial charge is 0.384 e. The average Bonchev–Trinajstić information content (AvgIpc) is 2.51. The highest BCUT2D eigenvalue weighted by atomic mass is 16.3. The Kier molecular flexibility index (Phi) is 3.28. The second-order valence-corrected chi connectivity index (χ2v) is 5.21. The third-order valence-electron chi connectivity index (χ3n) is 3.85. The first-order valence-electron chi connectivity index (χ1n) is 6.78. The minimum absolute atomic E-state index is 0.0620. The Bertz CT molecular complexity index is 637. The van der Waals surface area contributed by atoms with Gasteiger partial charge in [-0.1, -0.05) is 42.5 Å². The van der Waals surface area contributed by atoms with Gasteiger partial charge < -0.3 is 10.0 Å². The van der Waals surface area contributed by atoms with Crippen molar-refractivity contribution in [1.82, 2.24) is 4.90 Å². The zero-order chi connectivity index (χ0) is 14.1.